The summed E-state index contributed by atoms with van der Waals surface area (Å²) >= 11 is 5.72. The number of halogens is 4. The summed E-state index contributed by atoms with van der Waals surface area (Å²) in [6.07, 6.45) is -0.429. The monoisotopic (exact) mass is 292 g/mol. The highest BCUT2D eigenvalue weighted by atomic mass is 35.5. The molecule has 0 spiro atoms. The lowest BCUT2D eigenvalue weighted by atomic mass is 10.2. The third kappa shape index (κ3) is 3.75. The molecule has 0 atom stereocenters. The van der Waals surface area contributed by atoms with Crippen molar-refractivity contribution in [2.24, 2.45) is 0 Å². The third-order valence-corrected chi connectivity index (χ3v) is 3.34. The van der Waals surface area contributed by atoms with Gasteiger partial charge in [-0.05, 0) is 31.4 Å². The lowest BCUT2D eigenvalue weighted by Gasteiger charge is -2.24. The van der Waals surface area contributed by atoms with Crippen molar-refractivity contribution in [2.75, 3.05) is 11.4 Å². The quantitative estimate of drug-likeness (QED) is 0.742. The second-order valence-electron chi connectivity index (χ2n) is 4.81. The molecule has 1 fully saturated rings. The predicted octanol–water partition coefficient (Wildman–Crippen LogP) is 4.52. The Morgan fingerprint density at radius 1 is 1.37 bits per heavy atom. The average molecular weight is 293 g/mol. The number of nitrogens with zero attached hydrogens (tertiary/aromatic N) is 2. The molecule has 2 nitrogen and oxygen atoms in total. The molecular weight excluding hydrogens is 277 g/mol. The molecule has 19 heavy (non-hydrogen) atoms. The number of alkyl halides is 3. The summed E-state index contributed by atoms with van der Waals surface area (Å²) in [6, 6.07) is 2.29. The Kier molecular flexibility index (Phi) is 4.23. The smallest absolute Gasteiger partial charge is 0.354 e. The number of rotatable bonds is 5. The van der Waals surface area contributed by atoms with E-state index in [1.807, 2.05) is 4.90 Å². The molecule has 1 heterocycles. The van der Waals surface area contributed by atoms with Crippen molar-refractivity contribution in [3.63, 3.8) is 0 Å². The summed E-state index contributed by atoms with van der Waals surface area (Å²) in [5.41, 5.74) is -0.732. The van der Waals surface area contributed by atoms with Gasteiger partial charge >= 0.3 is 6.18 Å². The molecule has 106 valence electrons. The Morgan fingerprint density at radius 2 is 2.05 bits per heavy atom. The molecule has 0 aliphatic heterocycles. The highest BCUT2D eigenvalue weighted by Gasteiger charge is 2.34. The summed E-state index contributed by atoms with van der Waals surface area (Å²) < 4.78 is 38.3. The molecule has 0 radical (unpaired) electrons. The highest BCUT2D eigenvalue weighted by Crippen LogP contribution is 2.36. The first kappa shape index (κ1) is 14.4. The third-order valence-electron chi connectivity index (χ3n) is 3.14. The van der Waals surface area contributed by atoms with Crippen LogP contribution in [0.1, 0.15) is 38.2 Å². The first-order valence-corrected chi connectivity index (χ1v) is 6.81. The predicted molar refractivity (Wildman–Crippen MR) is 69.5 cm³/mol. The maximum atomic E-state index is 12.8. The van der Waals surface area contributed by atoms with Crippen LogP contribution in [0.4, 0.5) is 19.0 Å². The molecular formula is C13H16ClF3N2. The summed E-state index contributed by atoms with van der Waals surface area (Å²) in [6.45, 7) is 2.78. The zero-order valence-corrected chi connectivity index (χ0v) is 11.4. The van der Waals surface area contributed by atoms with Gasteiger partial charge in [0, 0.05) is 12.6 Å². The van der Waals surface area contributed by atoms with Gasteiger partial charge in [-0.15, -0.1) is 0 Å². The topological polar surface area (TPSA) is 16.1 Å². The van der Waals surface area contributed by atoms with Crippen molar-refractivity contribution in [3.05, 3.63) is 22.8 Å². The van der Waals surface area contributed by atoms with Gasteiger partial charge in [-0.3, -0.25) is 0 Å². The molecule has 0 saturated heterocycles. The minimum absolute atomic E-state index is 0.105. The summed E-state index contributed by atoms with van der Waals surface area (Å²) in [4.78, 5) is 6.00. The standard InChI is InChI=1S/C13H16ClF3N2/c1-2-3-6-19(10-4-5-10)12-8-9(13(15,16)17)7-11(14)18-12/h7-8,10H,2-6H2,1H3. The second-order valence-corrected chi connectivity index (χ2v) is 5.20. The van der Waals surface area contributed by atoms with Gasteiger partial charge in [0.2, 0.25) is 0 Å². The van der Waals surface area contributed by atoms with Crippen LogP contribution in [-0.2, 0) is 6.18 Å². The molecule has 1 aromatic rings. The molecule has 0 bridgehead atoms. The van der Waals surface area contributed by atoms with Crippen LogP contribution in [0.3, 0.4) is 0 Å². The summed E-state index contributed by atoms with van der Waals surface area (Å²) in [7, 11) is 0. The fraction of sp³-hybridized carbons (Fsp3) is 0.615. The first-order valence-electron chi connectivity index (χ1n) is 6.43. The lowest BCUT2D eigenvalue weighted by Crippen LogP contribution is -2.28. The van der Waals surface area contributed by atoms with Crippen molar-refractivity contribution in [1.82, 2.24) is 4.98 Å². The normalized spacial score (nSPS) is 15.6. The minimum atomic E-state index is -4.39. The number of hydrogen-bond donors (Lipinski definition) is 0. The van der Waals surface area contributed by atoms with Gasteiger partial charge in [0.25, 0.3) is 0 Å². The molecule has 0 N–H and O–H groups in total. The summed E-state index contributed by atoms with van der Waals surface area (Å²) in [5.74, 6) is 0.343. The van der Waals surface area contributed by atoms with E-state index in [1.165, 1.54) is 0 Å². The SMILES string of the molecule is CCCCN(c1cc(C(F)(F)F)cc(Cl)n1)C1CC1. The van der Waals surface area contributed by atoms with Gasteiger partial charge in [-0.25, -0.2) is 4.98 Å². The lowest BCUT2D eigenvalue weighted by molar-refractivity contribution is -0.137. The van der Waals surface area contributed by atoms with Gasteiger partial charge in [0.1, 0.15) is 11.0 Å². The van der Waals surface area contributed by atoms with E-state index in [2.05, 4.69) is 11.9 Å². The van der Waals surface area contributed by atoms with E-state index in [1.54, 1.807) is 0 Å². The Bertz CT molecular complexity index is 444. The van der Waals surface area contributed by atoms with E-state index < -0.39 is 11.7 Å². The van der Waals surface area contributed by atoms with E-state index >= 15 is 0 Å². The number of aromatic nitrogens is 1. The Morgan fingerprint density at radius 3 is 2.58 bits per heavy atom. The average Bonchev–Trinajstić information content (AvgIpc) is 3.12. The second kappa shape index (κ2) is 5.57. The van der Waals surface area contributed by atoms with Crippen LogP contribution in [0.5, 0.6) is 0 Å². The van der Waals surface area contributed by atoms with Gasteiger partial charge in [-0.2, -0.15) is 13.2 Å². The van der Waals surface area contributed by atoms with Crippen LogP contribution in [0.2, 0.25) is 5.15 Å². The molecule has 6 heteroatoms. The molecule has 0 amide bonds. The van der Waals surface area contributed by atoms with Crippen LogP contribution in [-0.4, -0.2) is 17.6 Å². The van der Waals surface area contributed by atoms with Crippen molar-refractivity contribution in [1.29, 1.82) is 0 Å². The molecule has 1 saturated carbocycles. The fourth-order valence-electron chi connectivity index (χ4n) is 1.99. The number of pyridine rings is 1. The fourth-order valence-corrected chi connectivity index (χ4v) is 2.20. The van der Waals surface area contributed by atoms with E-state index in [9.17, 15) is 13.2 Å². The Labute approximate surface area is 115 Å². The van der Waals surface area contributed by atoms with Gasteiger partial charge in [0.05, 0.1) is 5.56 Å². The van der Waals surface area contributed by atoms with Crippen LogP contribution < -0.4 is 4.90 Å². The Hall–Kier alpha value is -0.970. The van der Waals surface area contributed by atoms with Crippen LogP contribution in [0, 0.1) is 0 Å². The molecule has 0 aromatic carbocycles. The number of anilines is 1. The van der Waals surface area contributed by atoms with Crippen LogP contribution in [0.15, 0.2) is 12.1 Å². The van der Waals surface area contributed by atoms with Gasteiger partial charge in [-0.1, -0.05) is 24.9 Å². The molecule has 1 aliphatic rings. The first-order chi connectivity index (χ1) is 8.91. The van der Waals surface area contributed by atoms with Crippen LogP contribution in [0.25, 0.3) is 0 Å². The Balaban J connectivity index is 2.28. The number of hydrogen-bond acceptors (Lipinski definition) is 2. The molecule has 2 rings (SSSR count). The van der Waals surface area contributed by atoms with Crippen molar-refractivity contribution in [2.45, 2.75) is 44.8 Å². The largest absolute Gasteiger partial charge is 0.416 e. The highest BCUT2D eigenvalue weighted by molar-refractivity contribution is 6.29. The number of unbranched alkanes of at least 4 members (excludes halogenated alkanes) is 1. The molecule has 1 aliphatic carbocycles. The van der Waals surface area contributed by atoms with E-state index in [-0.39, 0.29) is 5.15 Å². The molecule has 1 aromatic heterocycles. The van der Waals surface area contributed by atoms with Crippen LogP contribution >= 0.6 is 11.6 Å². The van der Waals surface area contributed by atoms with E-state index in [0.29, 0.717) is 11.9 Å². The zero-order valence-electron chi connectivity index (χ0n) is 10.7. The zero-order chi connectivity index (χ0) is 14.0. The maximum absolute atomic E-state index is 12.8. The van der Waals surface area contributed by atoms with E-state index in [4.69, 9.17) is 11.6 Å². The maximum Gasteiger partial charge on any atom is 0.416 e. The molecule has 0 unspecified atom stereocenters. The van der Waals surface area contributed by atoms with E-state index in [0.717, 1.165) is 44.4 Å². The van der Waals surface area contributed by atoms with Crippen molar-refractivity contribution in [3.8, 4) is 0 Å². The minimum Gasteiger partial charge on any atom is -0.354 e. The summed E-state index contributed by atoms with van der Waals surface area (Å²) in [5, 5.41) is -0.105. The van der Waals surface area contributed by atoms with Gasteiger partial charge < -0.3 is 4.90 Å². The van der Waals surface area contributed by atoms with Crippen molar-refractivity contribution < 1.29 is 13.2 Å². The van der Waals surface area contributed by atoms with Crippen molar-refractivity contribution >= 4 is 17.4 Å². The van der Waals surface area contributed by atoms with Gasteiger partial charge in [0.15, 0.2) is 0 Å².